The van der Waals surface area contributed by atoms with Gasteiger partial charge in [-0.2, -0.15) is 0 Å². The topological polar surface area (TPSA) is 29.1 Å². The molecule has 0 aromatic carbocycles. The monoisotopic (exact) mass is 197 g/mol. The van der Waals surface area contributed by atoms with E-state index >= 15 is 0 Å². The van der Waals surface area contributed by atoms with E-state index in [1.165, 1.54) is 4.88 Å². The first-order valence-corrected chi connectivity index (χ1v) is 5.38. The Morgan fingerprint density at radius 1 is 1.62 bits per heavy atom. The lowest BCUT2D eigenvalue weighted by atomic mass is 10.2. The molecule has 0 atom stereocenters. The first-order valence-electron chi connectivity index (χ1n) is 4.50. The summed E-state index contributed by atoms with van der Waals surface area (Å²) >= 11 is 1.73. The zero-order valence-electron chi connectivity index (χ0n) is 8.04. The van der Waals surface area contributed by atoms with Gasteiger partial charge < -0.3 is 5.32 Å². The van der Waals surface area contributed by atoms with Crippen LogP contribution in [0.2, 0.25) is 0 Å². The molecule has 0 saturated carbocycles. The van der Waals surface area contributed by atoms with E-state index in [0.717, 1.165) is 13.0 Å². The molecule has 0 unspecified atom stereocenters. The van der Waals surface area contributed by atoms with Crippen molar-refractivity contribution in [1.82, 2.24) is 5.32 Å². The average molecular weight is 197 g/mol. The van der Waals surface area contributed by atoms with Crippen molar-refractivity contribution in [2.45, 2.75) is 20.3 Å². The van der Waals surface area contributed by atoms with Crippen LogP contribution in [0.1, 0.15) is 18.7 Å². The van der Waals surface area contributed by atoms with Crippen molar-refractivity contribution in [3.63, 3.8) is 0 Å². The highest BCUT2D eigenvalue weighted by Gasteiger charge is 2.04. The summed E-state index contributed by atoms with van der Waals surface area (Å²) in [5, 5.41) is 4.94. The number of thiophene rings is 1. The predicted octanol–water partition coefficient (Wildman–Crippen LogP) is 2.06. The Labute approximate surface area is 83.0 Å². The molecule has 1 heterocycles. The van der Waals surface area contributed by atoms with Crippen molar-refractivity contribution in [1.29, 1.82) is 0 Å². The van der Waals surface area contributed by atoms with Crippen LogP contribution in [-0.4, -0.2) is 12.5 Å². The number of carbonyl (C=O) groups is 1. The van der Waals surface area contributed by atoms with Crippen LogP contribution in [0.15, 0.2) is 17.5 Å². The Balaban J connectivity index is 2.18. The van der Waals surface area contributed by atoms with Gasteiger partial charge in [-0.15, -0.1) is 11.3 Å². The predicted molar refractivity (Wildman–Crippen MR) is 55.9 cm³/mol. The molecule has 0 saturated heterocycles. The van der Waals surface area contributed by atoms with E-state index in [4.69, 9.17) is 0 Å². The zero-order chi connectivity index (χ0) is 9.68. The van der Waals surface area contributed by atoms with Gasteiger partial charge in [0.25, 0.3) is 0 Å². The maximum atomic E-state index is 11.2. The fourth-order valence-corrected chi connectivity index (χ4v) is 1.68. The van der Waals surface area contributed by atoms with Crippen LogP contribution in [-0.2, 0) is 11.2 Å². The minimum absolute atomic E-state index is 0.0864. The number of rotatable bonds is 4. The molecule has 3 heteroatoms. The summed E-state index contributed by atoms with van der Waals surface area (Å²) in [6.07, 6.45) is 0.941. The SMILES string of the molecule is CC(C)C(=O)NCCc1cccs1. The van der Waals surface area contributed by atoms with Gasteiger partial charge in [-0.25, -0.2) is 0 Å². The number of nitrogens with one attached hydrogen (secondary N) is 1. The third kappa shape index (κ3) is 3.59. The van der Waals surface area contributed by atoms with Crippen LogP contribution < -0.4 is 5.32 Å². The van der Waals surface area contributed by atoms with Crippen LogP contribution in [0.5, 0.6) is 0 Å². The molecule has 2 nitrogen and oxygen atoms in total. The van der Waals surface area contributed by atoms with Crippen molar-refractivity contribution in [3.8, 4) is 0 Å². The molecule has 1 aromatic rings. The van der Waals surface area contributed by atoms with E-state index in [-0.39, 0.29) is 11.8 Å². The van der Waals surface area contributed by atoms with E-state index in [2.05, 4.69) is 16.8 Å². The van der Waals surface area contributed by atoms with Crippen LogP contribution >= 0.6 is 11.3 Å². The maximum Gasteiger partial charge on any atom is 0.222 e. The normalized spacial score (nSPS) is 10.4. The van der Waals surface area contributed by atoms with Crippen molar-refractivity contribution < 1.29 is 4.79 Å². The highest BCUT2D eigenvalue weighted by molar-refractivity contribution is 7.09. The molecule has 0 aliphatic rings. The summed E-state index contributed by atoms with van der Waals surface area (Å²) in [6.45, 7) is 4.55. The summed E-state index contributed by atoms with van der Waals surface area (Å²) in [5.74, 6) is 0.222. The second-order valence-electron chi connectivity index (χ2n) is 3.28. The van der Waals surface area contributed by atoms with Gasteiger partial charge >= 0.3 is 0 Å². The Kier molecular flexibility index (Phi) is 3.96. The van der Waals surface area contributed by atoms with Crippen molar-refractivity contribution in [3.05, 3.63) is 22.4 Å². The molecule has 1 rings (SSSR count). The van der Waals surface area contributed by atoms with Crippen LogP contribution in [0.25, 0.3) is 0 Å². The molecule has 1 N–H and O–H groups in total. The lowest BCUT2D eigenvalue weighted by molar-refractivity contribution is -0.123. The van der Waals surface area contributed by atoms with E-state index in [1.807, 2.05) is 19.9 Å². The molecule has 1 amide bonds. The molecule has 0 aliphatic carbocycles. The zero-order valence-corrected chi connectivity index (χ0v) is 8.86. The third-order valence-electron chi connectivity index (χ3n) is 1.78. The molecule has 1 aromatic heterocycles. The summed E-state index contributed by atoms with van der Waals surface area (Å²) in [5.41, 5.74) is 0. The fourth-order valence-electron chi connectivity index (χ4n) is 0.968. The number of carbonyl (C=O) groups excluding carboxylic acids is 1. The molecule has 0 fully saturated rings. The van der Waals surface area contributed by atoms with Crippen molar-refractivity contribution >= 4 is 17.2 Å². The summed E-state index contributed by atoms with van der Waals surface area (Å²) < 4.78 is 0. The molecular weight excluding hydrogens is 182 g/mol. The van der Waals surface area contributed by atoms with Gasteiger partial charge in [0.15, 0.2) is 0 Å². The lowest BCUT2D eigenvalue weighted by Crippen LogP contribution is -2.29. The van der Waals surface area contributed by atoms with E-state index in [1.54, 1.807) is 11.3 Å². The average Bonchev–Trinajstić information content (AvgIpc) is 2.56. The Morgan fingerprint density at radius 3 is 2.92 bits per heavy atom. The summed E-state index contributed by atoms with van der Waals surface area (Å²) in [4.78, 5) is 12.5. The van der Waals surface area contributed by atoms with Gasteiger partial charge in [0.05, 0.1) is 0 Å². The van der Waals surface area contributed by atoms with Gasteiger partial charge in [-0.3, -0.25) is 4.79 Å². The molecular formula is C10H15NOS. The second-order valence-corrected chi connectivity index (χ2v) is 4.31. The summed E-state index contributed by atoms with van der Waals surface area (Å²) in [6, 6.07) is 4.12. The number of amides is 1. The largest absolute Gasteiger partial charge is 0.356 e. The van der Waals surface area contributed by atoms with Crippen molar-refractivity contribution in [2.24, 2.45) is 5.92 Å². The first kappa shape index (κ1) is 10.3. The minimum Gasteiger partial charge on any atom is -0.356 e. The maximum absolute atomic E-state index is 11.2. The van der Waals surface area contributed by atoms with Crippen LogP contribution in [0, 0.1) is 5.92 Å². The van der Waals surface area contributed by atoms with E-state index in [9.17, 15) is 4.79 Å². The Morgan fingerprint density at radius 2 is 2.38 bits per heavy atom. The fraction of sp³-hybridized carbons (Fsp3) is 0.500. The van der Waals surface area contributed by atoms with E-state index in [0.29, 0.717) is 0 Å². The molecule has 0 bridgehead atoms. The van der Waals surface area contributed by atoms with Gasteiger partial charge in [-0.05, 0) is 17.9 Å². The standard InChI is InChI=1S/C10H15NOS/c1-8(2)10(12)11-6-5-9-4-3-7-13-9/h3-4,7-8H,5-6H2,1-2H3,(H,11,12). The second kappa shape index (κ2) is 5.02. The van der Waals surface area contributed by atoms with Crippen molar-refractivity contribution in [2.75, 3.05) is 6.54 Å². The highest BCUT2D eigenvalue weighted by Crippen LogP contribution is 2.08. The quantitative estimate of drug-likeness (QED) is 0.786. The van der Waals surface area contributed by atoms with Crippen LogP contribution in [0.3, 0.4) is 0 Å². The van der Waals surface area contributed by atoms with Crippen LogP contribution in [0.4, 0.5) is 0 Å². The molecule has 0 spiro atoms. The molecule has 13 heavy (non-hydrogen) atoms. The van der Waals surface area contributed by atoms with Gasteiger partial charge in [-0.1, -0.05) is 19.9 Å². The minimum atomic E-state index is 0.0864. The van der Waals surface area contributed by atoms with Gasteiger partial charge in [0.2, 0.25) is 5.91 Å². The molecule has 72 valence electrons. The number of hydrogen-bond acceptors (Lipinski definition) is 2. The third-order valence-corrected chi connectivity index (χ3v) is 2.71. The molecule has 0 radical (unpaired) electrons. The number of hydrogen-bond donors (Lipinski definition) is 1. The van der Waals surface area contributed by atoms with E-state index < -0.39 is 0 Å². The van der Waals surface area contributed by atoms with Gasteiger partial charge in [0.1, 0.15) is 0 Å². The summed E-state index contributed by atoms with van der Waals surface area (Å²) in [7, 11) is 0. The highest BCUT2D eigenvalue weighted by atomic mass is 32.1. The Bertz CT molecular complexity index is 254. The first-order chi connectivity index (χ1) is 6.20. The smallest absolute Gasteiger partial charge is 0.222 e. The van der Waals surface area contributed by atoms with Gasteiger partial charge in [0, 0.05) is 17.3 Å². The Hall–Kier alpha value is -0.830. The molecule has 0 aliphatic heterocycles. The lowest BCUT2D eigenvalue weighted by Gasteiger charge is -2.05.